The number of fused-ring (bicyclic) bond motifs is 1. The van der Waals surface area contributed by atoms with Crippen LogP contribution in [-0.4, -0.2) is 67.2 Å². The minimum Gasteiger partial charge on any atom is -0.358 e. The maximum absolute atomic E-state index is 13.5. The zero-order valence-electron chi connectivity index (χ0n) is 18.2. The van der Waals surface area contributed by atoms with Crippen molar-refractivity contribution in [2.45, 2.75) is 39.7 Å². The normalized spacial score (nSPS) is 23.3. The van der Waals surface area contributed by atoms with E-state index >= 15 is 0 Å². The molecule has 2 saturated heterocycles. The van der Waals surface area contributed by atoms with Gasteiger partial charge in [0.1, 0.15) is 5.84 Å². The number of allylic oxidation sites excluding steroid dienone is 3. The van der Waals surface area contributed by atoms with Gasteiger partial charge in [-0.15, -0.1) is 5.10 Å². The van der Waals surface area contributed by atoms with Gasteiger partial charge in [0.15, 0.2) is 5.82 Å². The SMILES string of the molecule is CC1=CCC(N2CC[C@@H]3CN(C(=O)c4ccc(C)nc4-n4ccnn4)[C@@H]3C2)=NC(C)=C1. The molecule has 2 aromatic rings. The summed E-state index contributed by atoms with van der Waals surface area (Å²) in [6, 6.07) is 3.93. The molecule has 0 N–H and O–H groups in total. The van der Waals surface area contributed by atoms with Crippen molar-refractivity contribution in [1.29, 1.82) is 0 Å². The van der Waals surface area contributed by atoms with Crippen LogP contribution in [0.15, 0.2) is 52.9 Å². The van der Waals surface area contributed by atoms with Crippen molar-refractivity contribution in [3.05, 3.63) is 59.2 Å². The van der Waals surface area contributed by atoms with E-state index in [9.17, 15) is 4.79 Å². The summed E-state index contributed by atoms with van der Waals surface area (Å²) in [6.07, 6.45) is 9.58. The summed E-state index contributed by atoms with van der Waals surface area (Å²) >= 11 is 0. The van der Waals surface area contributed by atoms with Gasteiger partial charge in [0, 0.05) is 43.4 Å². The Morgan fingerprint density at radius 3 is 2.84 bits per heavy atom. The largest absolute Gasteiger partial charge is 0.358 e. The average molecular weight is 418 g/mol. The van der Waals surface area contributed by atoms with Crippen LogP contribution in [0.3, 0.4) is 0 Å². The molecule has 5 rings (SSSR count). The first kappa shape index (κ1) is 19.7. The highest BCUT2D eigenvalue weighted by Gasteiger charge is 2.46. The second-order valence-corrected chi connectivity index (χ2v) is 8.66. The molecule has 0 spiro atoms. The van der Waals surface area contributed by atoms with Gasteiger partial charge >= 0.3 is 0 Å². The van der Waals surface area contributed by atoms with E-state index in [0.717, 1.165) is 49.7 Å². The summed E-state index contributed by atoms with van der Waals surface area (Å²) in [5.41, 5.74) is 3.69. The minimum atomic E-state index is 0.00993. The van der Waals surface area contributed by atoms with Crippen molar-refractivity contribution in [1.82, 2.24) is 29.8 Å². The highest BCUT2D eigenvalue weighted by atomic mass is 16.2. The number of carbonyl (C=O) groups excluding carboxylic acids is 1. The van der Waals surface area contributed by atoms with Crippen molar-refractivity contribution in [2.75, 3.05) is 19.6 Å². The number of aliphatic imine (C=N–C) groups is 1. The van der Waals surface area contributed by atoms with Gasteiger partial charge < -0.3 is 9.80 Å². The molecule has 1 amide bonds. The number of hydrogen-bond donors (Lipinski definition) is 0. The maximum atomic E-state index is 13.5. The highest BCUT2D eigenvalue weighted by Crippen LogP contribution is 2.35. The summed E-state index contributed by atoms with van der Waals surface area (Å²) in [5.74, 6) is 2.20. The van der Waals surface area contributed by atoms with Crippen LogP contribution >= 0.6 is 0 Å². The first-order chi connectivity index (χ1) is 15.0. The number of likely N-dealkylation sites (tertiary alicyclic amines) is 2. The van der Waals surface area contributed by atoms with Crippen molar-refractivity contribution >= 4 is 11.7 Å². The molecule has 2 atom stereocenters. The van der Waals surface area contributed by atoms with Gasteiger partial charge in [0.2, 0.25) is 0 Å². The summed E-state index contributed by atoms with van der Waals surface area (Å²) in [4.78, 5) is 27.3. The van der Waals surface area contributed by atoms with E-state index in [2.05, 4.69) is 39.3 Å². The van der Waals surface area contributed by atoms with Gasteiger partial charge in [0.05, 0.1) is 24.0 Å². The van der Waals surface area contributed by atoms with Crippen LogP contribution in [0.4, 0.5) is 0 Å². The van der Waals surface area contributed by atoms with E-state index in [1.165, 1.54) is 5.57 Å². The number of amidine groups is 1. The number of amides is 1. The van der Waals surface area contributed by atoms with E-state index in [-0.39, 0.29) is 11.9 Å². The summed E-state index contributed by atoms with van der Waals surface area (Å²) in [5, 5.41) is 7.92. The number of pyridine rings is 1. The number of piperidine rings is 1. The minimum absolute atomic E-state index is 0.00993. The number of nitrogens with zero attached hydrogens (tertiary/aromatic N) is 7. The Kier molecular flexibility index (Phi) is 4.92. The molecule has 0 unspecified atom stereocenters. The van der Waals surface area contributed by atoms with E-state index in [1.54, 1.807) is 17.1 Å². The van der Waals surface area contributed by atoms with Gasteiger partial charge in [-0.3, -0.25) is 4.79 Å². The molecule has 8 nitrogen and oxygen atoms in total. The van der Waals surface area contributed by atoms with Gasteiger partial charge in [-0.05, 0) is 45.4 Å². The topological polar surface area (TPSA) is 79.5 Å². The van der Waals surface area contributed by atoms with Crippen LogP contribution < -0.4 is 0 Å². The molecule has 2 fully saturated rings. The molecule has 2 aromatic heterocycles. The Morgan fingerprint density at radius 1 is 1.16 bits per heavy atom. The third-order valence-electron chi connectivity index (χ3n) is 6.41. The second-order valence-electron chi connectivity index (χ2n) is 8.66. The lowest BCUT2D eigenvalue weighted by Crippen LogP contribution is -2.66. The second kappa shape index (κ2) is 7.76. The molecule has 0 aromatic carbocycles. The molecule has 0 saturated carbocycles. The van der Waals surface area contributed by atoms with Crippen molar-refractivity contribution < 1.29 is 4.79 Å². The quantitative estimate of drug-likeness (QED) is 0.751. The lowest BCUT2D eigenvalue weighted by Gasteiger charge is -2.54. The Hall–Kier alpha value is -3.29. The number of aryl methyl sites for hydroxylation is 1. The Bertz CT molecular complexity index is 1100. The lowest BCUT2D eigenvalue weighted by molar-refractivity contribution is -0.0144. The standard InChI is InChI=1S/C23H27N7O/c1-15-4-7-21(25-17(3)12-15)28-10-8-18-13-29(20(18)14-28)23(31)19-6-5-16(2)26-22(19)30-11-9-24-27-30/h4-6,9,11-12,18,20H,7-8,10,13-14H2,1-3H3/t18-,20-/m1/s1. The van der Waals surface area contributed by atoms with Crippen molar-refractivity contribution in [3.63, 3.8) is 0 Å². The monoisotopic (exact) mass is 417 g/mol. The molecule has 0 bridgehead atoms. The number of carbonyl (C=O) groups is 1. The van der Waals surface area contributed by atoms with Crippen LogP contribution in [0, 0.1) is 12.8 Å². The molecular formula is C23H27N7O. The zero-order valence-corrected chi connectivity index (χ0v) is 18.2. The molecule has 0 radical (unpaired) electrons. The Morgan fingerprint density at radius 2 is 2.03 bits per heavy atom. The summed E-state index contributed by atoms with van der Waals surface area (Å²) in [7, 11) is 0. The van der Waals surface area contributed by atoms with E-state index < -0.39 is 0 Å². The van der Waals surface area contributed by atoms with Gasteiger partial charge in [-0.2, -0.15) is 0 Å². The molecule has 5 heterocycles. The molecule has 0 aliphatic carbocycles. The average Bonchev–Trinajstić information content (AvgIpc) is 3.20. The molecule has 31 heavy (non-hydrogen) atoms. The fourth-order valence-corrected chi connectivity index (χ4v) is 4.75. The summed E-state index contributed by atoms with van der Waals surface area (Å²) in [6.45, 7) is 8.69. The first-order valence-electron chi connectivity index (χ1n) is 10.8. The van der Waals surface area contributed by atoms with Crippen LogP contribution in [0.2, 0.25) is 0 Å². The third-order valence-corrected chi connectivity index (χ3v) is 6.41. The summed E-state index contributed by atoms with van der Waals surface area (Å²) < 4.78 is 1.56. The fourth-order valence-electron chi connectivity index (χ4n) is 4.75. The van der Waals surface area contributed by atoms with Crippen LogP contribution in [0.5, 0.6) is 0 Å². The van der Waals surface area contributed by atoms with Crippen molar-refractivity contribution in [3.8, 4) is 5.82 Å². The van der Waals surface area contributed by atoms with Crippen LogP contribution in [0.25, 0.3) is 5.82 Å². The predicted molar refractivity (Wildman–Crippen MR) is 118 cm³/mol. The maximum Gasteiger partial charge on any atom is 0.258 e. The lowest BCUT2D eigenvalue weighted by atomic mass is 9.81. The number of hydrogen-bond acceptors (Lipinski definition) is 6. The Balaban J connectivity index is 1.37. The number of rotatable bonds is 2. The molecule has 3 aliphatic rings. The van der Waals surface area contributed by atoms with E-state index in [4.69, 9.17) is 4.99 Å². The van der Waals surface area contributed by atoms with E-state index in [0.29, 0.717) is 17.3 Å². The van der Waals surface area contributed by atoms with Gasteiger partial charge in [0.25, 0.3) is 5.91 Å². The fraction of sp³-hybridized carbons (Fsp3) is 0.435. The molecule has 3 aliphatic heterocycles. The van der Waals surface area contributed by atoms with Crippen LogP contribution in [-0.2, 0) is 0 Å². The van der Waals surface area contributed by atoms with Gasteiger partial charge in [-0.25, -0.2) is 14.7 Å². The van der Waals surface area contributed by atoms with Gasteiger partial charge in [-0.1, -0.05) is 16.9 Å². The third kappa shape index (κ3) is 3.66. The molecule has 8 heteroatoms. The predicted octanol–water partition coefficient (Wildman–Crippen LogP) is 2.77. The first-order valence-corrected chi connectivity index (χ1v) is 10.8. The number of aromatic nitrogens is 4. The molecular weight excluding hydrogens is 390 g/mol. The smallest absolute Gasteiger partial charge is 0.258 e. The Labute approximate surface area is 182 Å². The highest BCUT2D eigenvalue weighted by molar-refractivity contribution is 5.98. The van der Waals surface area contributed by atoms with E-state index in [1.807, 2.05) is 30.9 Å². The molecule has 160 valence electrons. The van der Waals surface area contributed by atoms with Crippen molar-refractivity contribution in [2.24, 2.45) is 10.9 Å². The zero-order chi connectivity index (χ0) is 21.5. The van der Waals surface area contributed by atoms with Crippen LogP contribution in [0.1, 0.15) is 42.7 Å².